The second kappa shape index (κ2) is 6.93. The third-order valence-electron chi connectivity index (χ3n) is 3.81. The quantitative estimate of drug-likeness (QED) is 0.807. The van der Waals surface area contributed by atoms with Gasteiger partial charge in [-0.1, -0.05) is 40.7 Å². The Kier molecular flexibility index (Phi) is 4.66. The Hall–Kier alpha value is -1.64. The number of thiophene rings is 1. The van der Waals surface area contributed by atoms with Crippen molar-refractivity contribution in [1.29, 1.82) is 0 Å². The van der Waals surface area contributed by atoms with Crippen molar-refractivity contribution in [2.24, 2.45) is 10.1 Å². The monoisotopic (exact) mass is 434 g/mol. The van der Waals surface area contributed by atoms with Crippen molar-refractivity contribution < 1.29 is 4.79 Å². The zero-order valence-electron chi connectivity index (χ0n) is 13.4. The van der Waals surface area contributed by atoms with Crippen LogP contribution in [-0.4, -0.2) is 21.8 Å². The van der Waals surface area contributed by atoms with Crippen molar-refractivity contribution in [1.82, 2.24) is 10.3 Å². The Morgan fingerprint density at radius 2 is 2.28 bits per heavy atom. The predicted octanol–water partition coefficient (Wildman–Crippen LogP) is 2.80. The fourth-order valence-corrected chi connectivity index (χ4v) is 4.55. The van der Waals surface area contributed by atoms with Crippen LogP contribution in [0.5, 0.6) is 0 Å². The molecule has 1 aromatic heterocycles. The maximum atomic E-state index is 12.9. The van der Waals surface area contributed by atoms with Crippen LogP contribution >= 0.6 is 39.0 Å². The van der Waals surface area contributed by atoms with Crippen molar-refractivity contribution in [2.75, 3.05) is 5.75 Å². The molecule has 128 valence electrons. The van der Waals surface area contributed by atoms with Crippen LogP contribution in [0.3, 0.4) is 0 Å². The third-order valence-corrected chi connectivity index (χ3v) is 6.29. The van der Waals surface area contributed by atoms with Gasteiger partial charge in [-0.3, -0.25) is 15.1 Å². The number of fused-ring (bicyclic) bond motifs is 2. The Balaban J connectivity index is 1.92. The van der Waals surface area contributed by atoms with E-state index in [-0.39, 0.29) is 12.1 Å². The van der Waals surface area contributed by atoms with Gasteiger partial charge in [-0.2, -0.15) is 0 Å². The molecule has 25 heavy (non-hydrogen) atoms. The normalized spacial score (nSPS) is 18.9. The minimum Gasteiger partial charge on any atom is -0.298 e. The second-order valence-corrected chi connectivity index (χ2v) is 8.56. The van der Waals surface area contributed by atoms with Crippen LogP contribution in [0.2, 0.25) is 0 Å². The topological polar surface area (TPSA) is 57.1 Å². The SMILES string of the molecule is CCCSC1=NN2C(=c3cc(Br)ccc3=NC2c2cccs2)C(=O)N1. The van der Waals surface area contributed by atoms with E-state index in [4.69, 9.17) is 10.1 Å². The lowest BCUT2D eigenvalue weighted by molar-refractivity contribution is -0.116. The zero-order valence-corrected chi connectivity index (χ0v) is 16.6. The van der Waals surface area contributed by atoms with Gasteiger partial charge in [-0.15, -0.1) is 16.4 Å². The molecule has 1 unspecified atom stereocenters. The van der Waals surface area contributed by atoms with Crippen LogP contribution in [0.25, 0.3) is 5.70 Å². The Bertz CT molecular complexity index is 971. The van der Waals surface area contributed by atoms with Crippen LogP contribution < -0.4 is 15.9 Å². The number of nitrogens with one attached hydrogen (secondary N) is 1. The first-order valence-corrected chi connectivity index (χ1v) is 10.6. The first kappa shape index (κ1) is 16.8. The first-order chi connectivity index (χ1) is 12.2. The molecule has 1 N–H and O–H groups in total. The van der Waals surface area contributed by atoms with Gasteiger partial charge in [-0.05, 0) is 36.1 Å². The maximum Gasteiger partial charge on any atom is 0.276 e. The number of halogens is 1. The lowest BCUT2D eigenvalue weighted by Crippen LogP contribution is -2.50. The Morgan fingerprint density at radius 1 is 1.40 bits per heavy atom. The highest BCUT2D eigenvalue weighted by atomic mass is 79.9. The highest BCUT2D eigenvalue weighted by Gasteiger charge is 2.34. The lowest BCUT2D eigenvalue weighted by Gasteiger charge is -2.33. The van der Waals surface area contributed by atoms with Gasteiger partial charge in [0, 0.05) is 15.4 Å². The number of hydrogen-bond acceptors (Lipinski definition) is 6. The predicted molar refractivity (Wildman–Crippen MR) is 106 cm³/mol. The summed E-state index contributed by atoms with van der Waals surface area (Å²) >= 11 is 6.66. The fourth-order valence-electron chi connectivity index (χ4n) is 2.74. The van der Waals surface area contributed by atoms with Crippen LogP contribution in [0, 0.1) is 0 Å². The second-order valence-electron chi connectivity index (χ2n) is 5.58. The highest BCUT2D eigenvalue weighted by molar-refractivity contribution is 9.10. The molecule has 0 saturated heterocycles. The minimum absolute atomic E-state index is 0.135. The Labute approximate surface area is 161 Å². The van der Waals surface area contributed by atoms with Gasteiger partial charge in [0.15, 0.2) is 11.3 Å². The number of nitrogens with zero attached hydrogens (tertiary/aromatic N) is 3. The van der Waals surface area contributed by atoms with Crippen molar-refractivity contribution in [2.45, 2.75) is 19.5 Å². The molecule has 0 bridgehead atoms. The molecule has 0 fully saturated rings. The average molecular weight is 435 g/mol. The van der Waals surface area contributed by atoms with Gasteiger partial charge in [-0.25, -0.2) is 5.01 Å². The largest absolute Gasteiger partial charge is 0.298 e. The molecule has 1 amide bonds. The molecule has 3 heterocycles. The molecule has 1 atom stereocenters. The van der Waals surface area contributed by atoms with Gasteiger partial charge in [0.2, 0.25) is 0 Å². The van der Waals surface area contributed by atoms with E-state index in [1.807, 2.05) is 35.7 Å². The third kappa shape index (κ3) is 3.14. The molecule has 0 spiro atoms. The summed E-state index contributed by atoms with van der Waals surface area (Å²) in [6.07, 6.45) is 0.705. The Morgan fingerprint density at radius 3 is 3.04 bits per heavy atom. The van der Waals surface area contributed by atoms with Gasteiger partial charge >= 0.3 is 0 Å². The summed E-state index contributed by atoms with van der Waals surface area (Å²) in [5, 5.41) is 13.6. The number of rotatable bonds is 3. The van der Waals surface area contributed by atoms with E-state index >= 15 is 0 Å². The molecule has 0 radical (unpaired) electrons. The summed E-state index contributed by atoms with van der Waals surface area (Å²) in [7, 11) is 0. The molecule has 0 saturated carbocycles. The van der Waals surface area contributed by atoms with Crippen molar-refractivity contribution >= 4 is 55.8 Å². The molecule has 5 nitrogen and oxygen atoms in total. The van der Waals surface area contributed by atoms with E-state index in [0.29, 0.717) is 10.9 Å². The van der Waals surface area contributed by atoms with E-state index in [1.165, 1.54) is 0 Å². The van der Waals surface area contributed by atoms with Crippen molar-refractivity contribution in [3.05, 3.63) is 55.6 Å². The lowest BCUT2D eigenvalue weighted by atomic mass is 10.1. The maximum absolute atomic E-state index is 12.9. The summed E-state index contributed by atoms with van der Waals surface area (Å²) in [4.78, 5) is 18.8. The number of hydrazone groups is 1. The molecule has 0 aliphatic carbocycles. The van der Waals surface area contributed by atoms with Crippen molar-refractivity contribution in [3.63, 3.8) is 0 Å². The molecular formula is C17H15BrN4OS2. The number of carbonyl (C=O) groups is 1. The number of amides is 1. The van der Waals surface area contributed by atoms with Gasteiger partial charge in [0.05, 0.1) is 10.2 Å². The molecular weight excluding hydrogens is 420 g/mol. The first-order valence-electron chi connectivity index (χ1n) is 7.90. The van der Waals surface area contributed by atoms with E-state index in [2.05, 4.69) is 28.2 Å². The van der Waals surface area contributed by atoms with Crippen LogP contribution in [0.4, 0.5) is 0 Å². The zero-order chi connectivity index (χ0) is 17.4. The number of hydrogen-bond donors (Lipinski definition) is 1. The fraction of sp³-hybridized carbons (Fsp3) is 0.235. The summed E-state index contributed by atoms with van der Waals surface area (Å²) in [6.45, 7) is 2.11. The van der Waals surface area contributed by atoms with E-state index in [9.17, 15) is 4.79 Å². The highest BCUT2D eigenvalue weighted by Crippen LogP contribution is 2.33. The van der Waals surface area contributed by atoms with Crippen LogP contribution in [0.15, 0.2) is 50.3 Å². The van der Waals surface area contributed by atoms with Gasteiger partial charge in [0.1, 0.15) is 5.70 Å². The smallest absolute Gasteiger partial charge is 0.276 e. The number of benzene rings is 1. The van der Waals surface area contributed by atoms with Crippen molar-refractivity contribution in [3.8, 4) is 0 Å². The number of thioether (sulfide) groups is 1. The van der Waals surface area contributed by atoms with E-state index in [1.54, 1.807) is 28.1 Å². The number of amidine groups is 1. The molecule has 2 aliphatic heterocycles. The van der Waals surface area contributed by atoms with Crippen LogP contribution in [-0.2, 0) is 4.79 Å². The average Bonchev–Trinajstić information content (AvgIpc) is 3.13. The molecule has 8 heteroatoms. The number of carbonyl (C=O) groups excluding carboxylic acids is 1. The van der Waals surface area contributed by atoms with Crippen LogP contribution in [0.1, 0.15) is 24.4 Å². The molecule has 4 rings (SSSR count). The van der Waals surface area contributed by atoms with Gasteiger partial charge < -0.3 is 0 Å². The summed E-state index contributed by atoms with van der Waals surface area (Å²) in [6, 6.07) is 9.82. The molecule has 1 aromatic carbocycles. The summed E-state index contributed by atoms with van der Waals surface area (Å²) in [5.74, 6) is 0.773. The molecule has 2 aromatic rings. The molecule has 2 aliphatic rings. The summed E-state index contributed by atoms with van der Waals surface area (Å²) < 4.78 is 0.909. The van der Waals surface area contributed by atoms with E-state index < -0.39 is 0 Å². The van der Waals surface area contributed by atoms with E-state index in [0.717, 1.165) is 32.1 Å². The standard InChI is InChI=1S/C17H15BrN4OS2/c1-2-7-25-17-20-16(23)14-11-9-10(18)5-6-12(11)19-15(22(14)21-17)13-4-3-8-24-13/h3-6,8-9,15H,2,7H2,1H3,(H,20,21,23). The van der Waals surface area contributed by atoms with Gasteiger partial charge in [0.25, 0.3) is 5.91 Å². The summed E-state index contributed by atoms with van der Waals surface area (Å²) in [5.41, 5.74) is 0.547. The minimum atomic E-state index is -0.313.